The van der Waals surface area contributed by atoms with E-state index in [2.05, 4.69) is 15.3 Å². The van der Waals surface area contributed by atoms with Crippen molar-refractivity contribution < 1.29 is 14.7 Å². The summed E-state index contributed by atoms with van der Waals surface area (Å²) in [7, 11) is 0. The summed E-state index contributed by atoms with van der Waals surface area (Å²) < 4.78 is 0. The number of carbonyl (C=O) groups excluding carboxylic acids is 2. The van der Waals surface area contributed by atoms with Gasteiger partial charge in [-0.15, -0.1) is 0 Å². The lowest BCUT2D eigenvalue weighted by Crippen LogP contribution is -2.50. The maximum absolute atomic E-state index is 11.9. The summed E-state index contributed by atoms with van der Waals surface area (Å²) in [5.74, 6) is -1.63. The van der Waals surface area contributed by atoms with Gasteiger partial charge in [0.25, 0.3) is 5.56 Å². The molecule has 23 heavy (non-hydrogen) atoms. The highest BCUT2D eigenvalue weighted by Crippen LogP contribution is 2.07. The minimum absolute atomic E-state index is 0.0256. The van der Waals surface area contributed by atoms with Gasteiger partial charge < -0.3 is 20.2 Å². The molecular weight excluding hydrogens is 298 g/mol. The van der Waals surface area contributed by atoms with E-state index in [-0.39, 0.29) is 24.3 Å². The number of carboxylic acid groups (broad SMARTS) is 1. The summed E-state index contributed by atoms with van der Waals surface area (Å²) >= 11 is 0. The van der Waals surface area contributed by atoms with Gasteiger partial charge >= 0.3 is 0 Å². The number of H-pyrrole nitrogens is 1. The number of para-hydroxylation sites is 1. The summed E-state index contributed by atoms with van der Waals surface area (Å²) in [5.41, 5.74) is 0.294. The minimum Gasteiger partial charge on any atom is -0.548 e. The molecule has 1 atom stereocenters. The van der Waals surface area contributed by atoms with Crippen LogP contribution in [0.3, 0.4) is 0 Å². The fourth-order valence-corrected chi connectivity index (χ4v) is 2.23. The molecule has 0 unspecified atom stereocenters. The first-order valence-corrected chi connectivity index (χ1v) is 7.36. The van der Waals surface area contributed by atoms with E-state index in [0.717, 1.165) is 0 Å². The van der Waals surface area contributed by atoms with E-state index in [0.29, 0.717) is 16.7 Å². The van der Waals surface area contributed by atoms with Gasteiger partial charge in [-0.05, 0) is 18.1 Å². The molecule has 7 heteroatoms. The van der Waals surface area contributed by atoms with Crippen molar-refractivity contribution in [2.24, 2.45) is 5.92 Å². The Kier molecular flexibility index (Phi) is 5.10. The van der Waals surface area contributed by atoms with Gasteiger partial charge in [-0.3, -0.25) is 9.59 Å². The lowest BCUT2D eigenvalue weighted by molar-refractivity contribution is -0.309. The fraction of sp³-hybridized carbons (Fsp3) is 0.375. The van der Waals surface area contributed by atoms with Crippen LogP contribution in [0.15, 0.2) is 29.1 Å². The summed E-state index contributed by atoms with van der Waals surface area (Å²) in [5, 5.41) is 13.9. The zero-order chi connectivity index (χ0) is 17.0. The van der Waals surface area contributed by atoms with E-state index in [9.17, 15) is 19.5 Å². The molecular formula is C16H18N3O4-. The molecule has 0 spiro atoms. The van der Waals surface area contributed by atoms with Crippen LogP contribution in [-0.2, 0) is 16.0 Å². The van der Waals surface area contributed by atoms with Crippen LogP contribution in [0, 0.1) is 5.92 Å². The molecule has 1 amide bonds. The average Bonchev–Trinajstić information content (AvgIpc) is 2.50. The van der Waals surface area contributed by atoms with Crippen molar-refractivity contribution in [1.82, 2.24) is 15.3 Å². The normalized spacial score (nSPS) is 12.3. The van der Waals surface area contributed by atoms with E-state index in [4.69, 9.17) is 0 Å². The molecule has 1 aromatic heterocycles. The minimum atomic E-state index is -1.31. The number of amides is 1. The number of rotatable bonds is 6. The second-order valence-electron chi connectivity index (χ2n) is 5.64. The number of aliphatic carboxylic acids is 1. The third kappa shape index (κ3) is 4.15. The number of carbonyl (C=O) groups is 2. The van der Waals surface area contributed by atoms with Gasteiger partial charge in [0.1, 0.15) is 5.82 Å². The Morgan fingerprint density at radius 2 is 2.00 bits per heavy atom. The van der Waals surface area contributed by atoms with E-state index >= 15 is 0 Å². The van der Waals surface area contributed by atoms with E-state index < -0.39 is 17.9 Å². The monoisotopic (exact) mass is 316 g/mol. The number of fused-ring (bicyclic) bond motifs is 1. The summed E-state index contributed by atoms with van der Waals surface area (Å²) in [4.78, 5) is 41.7. The van der Waals surface area contributed by atoms with Crippen molar-refractivity contribution in [3.63, 3.8) is 0 Å². The lowest BCUT2D eigenvalue weighted by Gasteiger charge is -2.23. The molecule has 2 N–H and O–H groups in total. The fourth-order valence-electron chi connectivity index (χ4n) is 2.23. The lowest BCUT2D eigenvalue weighted by atomic mass is 10.0. The molecule has 1 aromatic carbocycles. The van der Waals surface area contributed by atoms with Crippen LogP contribution >= 0.6 is 0 Å². The SMILES string of the molecule is CC(C)[C@H](NC(=O)CCc1nc2ccccc2c(=O)[nH]1)C(=O)[O-]. The Bertz CT molecular complexity index is 782. The Labute approximate surface area is 132 Å². The van der Waals surface area contributed by atoms with E-state index in [1.807, 2.05) is 0 Å². The van der Waals surface area contributed by atoms with Crippen molar-refractivity contribution in [2.75, 3.05) is 0 Å². The molecule has 0 aliphatic rings. The highest BCUT2D eigenvalue weighted by molar-refractivity contribution is 5.83. The highest BCUT2D eigenvalue weighted by atomic mass is 16.4. The van der Waals surface area contributed by atoms with Crippen LogP contribution in [-0.4, -0.2) is 27.9 Å². The molecule has 0 bridgehead atoms. The van der Waals surface area contributed by atoms with Gasteiger partial charge in [-0.2, -0.15) is 0 Å². The third-order valence-corrected chi connectivity index (χ3v) is 3.49. The zero-order valence-corrected chi connectivity index (χ0v) is 13.0. The number of benzene rings is 1. The second kappa shape index (κ2) is 7.04. The van der Waals surface area contributed by atoms with Crippen LogP contribution in [0.1, 0.15) is 26.1 Å². The Morgan fingerprint density at radius 3 is 2.65 bits per heavy atom. The van der Waals surface area contributed by atoms with E-state index in [1.165, 1.54) is 0 Å². The maximum atomic E-state index is 11.9. The van der Waals surface area contributed by atoms with Crippen molar-refractivity contribution >= 4 is 22.8 Å². The van der Waals surface area contributed by atoms with Crippen molar-refractivity contribution in [2.45, 2.75) is 32.7 Å². The van der Waals surface area contributed by atoms with Crippen LogP contribution in [0.4, 0.5) is 0 Å². The topological polar surface area (TPSA) is 115 Å². The quantitative estimate of drug-likeness (QED) is 0.762. The van der Waals surface area contributed by atoms with Gasteiger partial charge in [0.2, 0.25) is 5.91 Å². The molecule has 1 heterocycles. The number of nitrogens with zero attached hydrogens (tertiary/aromatic N) is 1. The number of carboxylic acids is 1. The third-order valence-electron chi connectivity index (χ3n) is 3.49. The number of hydrogen-bond donors (Lipinski definition) is 2. The Morgan fingerprint density at radius 1 is 1.30 bits per heavy atom. The summed E-state index contributed by atoms with van der Waals surface area (Å²) in [6.45, 7) is 3.37. The summed E-state index contributed by atoms with van der Waals surface area (Å²) in [6.07, 6.45) is 0.238. The number of hydrogen-bond acceptors (Lipinski definition) is 5. The first-order valence-electron chi connectivity index (χ1n) is 7.36. The van der Waals surface area contributed by atoms with Gasteiger partial charge in [0.05, 0.1) is 22.9 Å². The largest absolute Gasteiger partial charge is 0.548 e. The van der Waals surface area contributed by atoms with Crippen molar-refractivity contribution in [3.8, 4) is 0 Å². The molecule has 0 radical (unpaired) electrons. The molecule has 122 valence electrons. The standard InChI is InChI=1S/C16H19N3O4/c1-9(2)14(16(22)23)19-13(20)8-7-12-17-11-6-4-3-5-10(11)15(21)18-12/h3-6,9,14H,7-8H2,1-2H3,(H,19,20)(H,22,23)(H,17,18,21)/p-1/t14-/m0/s1. The molecule has 0 saturated carbocycles. The maximum Gasteiger partial charge on any atom is 0.258 e. The van der Waals surface area contributed by atoms with Gasteiger partial charge in [-0.25, -0.2) is 4.98 Å². The van der Waals surface area contributed by atoms with Crippen LogP contribution in [0.2, 0.25) is 0 Å². The number of aryl methyl sites for hydroxylation is 1. The van der Waals surface area contributed by atoms with Gasteiger partial charge in [0.15, 0.2) is 0 Å². The van der Waals surface area contributed by atoms with Crippen LogP contribution < -0.4 is 16.0 Å². The van der Waals surface area contributed by atoms with Crippen molar-refractivity contribution in [1.29, 1.82) is 0 Å². The predicted octanol–water partition coefficient (Wildman–Crippen LogP) is -0.254. The molecule has 0 fully saturated rings. The van der Waals surface area contributed by atoms with Gasteiger partial charge in [-0.1, -0.05) is 26.0 Å². The highest BCUT2D eigenvalue weighted by Gasteiger charge is 2.17. The molecule has 0 aliphatic heterocycles. The number of nitrogens with one attached hydrogen (secondary N) is 2. The number of aromatic amines is 1. The zero-order valence-electron chi connectivity index (χ0n) is 13.0. The first-order chi connectivity index (χ1) is 10.9. The van der Waals surface area contributed by atoms with Crippen LogP contribution in [0.25, 0.3) is 10.9 Å². The molecule has 7 nitrogen and oxygen atoms in total. The smallest absolute Gasteiger partial charge is 0.258 e. The van der Waals surface area contributed by atoms with Crippen LogP contribution in [0.5, 0.6) is 0 Å². The second-order valence-corrected chi connectivity index (χ2v) is 5.64. The van der Waals surface area contributed by atoms with E-state index in [1.54, 1.807) is 38.1 Å². The summed E-state index contributed by atoms with van der Waals surface area (Å²) in [6, 6.07) is 5.88. The Balaban J connectivity index is 2.04. The van der Waals surface area contributed by atoms with Crippen molar-refractivity contribution in [3.05, 3.63) is 40.4 Å². The average molecular weight is 316 g/mol. The molecule has 2 rings (SSSR count). The number of aromatic nitrogens is 2. The van der Waals surface area contributed by atoms with Gasteiger partial charge in [0, 0.05) is 12.8 Å². The Hall–Kier alpha value is -2.70. The molecule has 0 aliphatic carbocycles. The molecule has 2 aromatic rings. The first kappa shape index (κ1) is 16.7. The predicted molar refractivity (Wildman–Crippen MR) is 82.5 cm³/mol. The molecule has 0 saturated heterocycles.